The molecule has 27 heavy (non-hydrogen) atoms. The largest absolute Gasteiger partial charge is 0.294 e. The number of benzene rings is 3. The summed E-state index contributed by atoms with van der Waals surface area (Å²) < 4.78 is 7.83. The molecule has 2 nitrogen and oxygen atoms in total. The fourth-order valence-electron chi connectivity index (χ4n) is 2.58. The molecule has 0 saturated carbocycles. The van der Waals surface area contributed by atoms with Crippen molar-refractivity contribution in [1.82, 2.24) is 0 Å². The summed E-state index contributed by atoms with van der Waals surface area (Å²) in [6, 6.07) is 26.3. The first kappa shape index (κ1) is 22.1. The molecule has 0 unspecified atom stereocenters. The molecule has 0 amide bonds. The molecule has 0 fully saturated rings. The Balaban J connectivity index is 0.000000855. The van der Waals surface area contributed by atoms with Gasteiger partial charge in [0.15, 0.2) is 18.3 Å². The van der Waals surface area contributed by atoms with E-state index in [-0.39, 0.29) is 5.78 Å². The van der Waals surface area contributed by atoms with Crippen molar-refractivity contribution >= 4 is 30.5 Å². The molecule has 0 N–H and O–H groups in total. The first-order chi connectivity index (χ1) is 13.2. The predicted octanol–water partition coefficient (Wildman–Crippen LogP) is 6.42. The third-order valence-electron chi connectivity index (χ3n) is 3.79. The minimum atomic E-state index is 0.0809. The van der Waals surface area contributed by atoms with Gasteiger partial charge in [0, 0.05) is 5.56 Å². The third-order valence-corrected chi connectivity index (χ3v) is 3.79. The van der Waals surface area contributed by atoms with E-state index in [2.05, 4.69) is 30.7 Å². The molecule has 0 radical (unpaired) electrons. The lowest BCUT2D eigenvalue weighted by atomic mass is 9.96. The zero-order valence-corrected chi connectivity index (χ0v) is 16.7. The molecule has 0 spiro atoms. The van der Waals surface area contributed by atoms with E-state index in [1.807, 2.05) is 86.7 Å². The van der Waals surface area contributed by atoms with Crippen LogP contribution in [0.4, 0.5) is 0 Å². The first-order valence-electron chi connectivity index (χ1n) is 8.84. The summed E-state index contributed by atoms with van der Waals surface area (Å²) >= 11 is 2.83. The Labute approximate surface area is 167 Å². The van der Waals surface area contributed by atoms with Crippen LogP contribution in [0.2, 0.25) is 0 Å². The van der Waals surface area contributed by atoms with Crippen molar-refractivity contribution in [3.8, 4) is 11.1 Å². The molecule has 0 atom stereocenters. The molecule has 3 aromatic rings. The van der Waals surface area contributed by atoms with Crippen LogP contribution >= 0.6 is 0 Å². The summed E-state index contributed by atoms with van der Waals surface area (Å²) in [5.41, 5.74) is 5.08. The molecule has 0 aliphatic heterocycles. The van der Waals surface area contributed by atoms with Gasteiger partial charge in [-0.15, -0.1) is 0 Å². The van der Waals surface area contributed by atoms with E-state index in [0.717, 1.165) is 27.8 Å². The van der Waals surface area contributed by atoms with E-state index in [4.69, 9.17) is 4.21 Å². The van der Waals surface area contributed by atoms with Gasteiger partial charge in [-0.05, 0) is 35.2 Å². The predicted molar refractivity (Wildman–Crippen MR) is 117 cm³/mol. The fourth-order valence-corrected chi connectivity index (χ4v) is 2.58. The molecular weight excluding hydrogens is 352 g/mol. The molecule has 3 aromatic carbocycles. The summed E-state index contributed by atoms with van der Waals surface area (Å²) in [5, 5.41) is 0. The summed E-state index contributed by atoms with van der Waals surface area (Å²) in [6.45, 7) is 5.61. The smallest absolute Gasteiger partial charge is 0.197 e. The first-order valence-corrected chi connectivity index (χ1v) is 9.17. The van der Waals surface area contributed by atoms with E-state index < -0.39 is 0 Å². The highest BCUT2D eigenvalue weighted by Crippen LogP contribution is 2.24. The topological polar surface area (TPSA) is 34.1 Å². The summed E-state index contributed by atoms with van der Waals surface area (Å²) in [5.74, 6) is 0.0809. The number of ketones is 1. The van der Waals surface area contributed by atoms with Crippen LogP contribution in [-0.4, -0.2) is 9.99 Å². The Morgan fingerprint density at radius 3 is 1.85 bits per heavy atom. The van der Waals surface area contributed by atoms with E-state index >= 15 is 0 Å². The number of carbonyl (C=O) groups excluding carboxylic acids is 1. The van der Waals surface area contributed by atoms with Gasteiger partial charge >= 0.3 is 0 Å². The van der Waals surface area contributed by atoms with Crippen molar-refractivity contribution in [2.45, 2.75) is 20.8 Å². The molecule has 3 heteroatoms. The van der Waals surface area contributed by atoms with Crippen LogP contribution in [-0.2, 0) is 12.5 Å². The molecule has 0 aromatic heterocycles. The fraction of sp³-hybridized carbons (Fsp3) is 0.125. The monoisotopic (exact) mass is 376 g/mol. The highest BCUT2D eigenvalue weighted by molar-refractivity contribution is 7.44. The van der Waals surface area contributed by atoms with Crippen LogP contribution in [0.1, 0.15) is 42.3 Å². The second-order valence-corrected chi connectivity index (χ2v) is 5.47. The third kappa shape index (κ3) is 6.72. The Morgan fingerprint density at radius 2 is 1.30 bits per heavy atom. The van der Waals surface area contributed by atoms with Crippen LogP contribution in [0.3, 0.4) is 0 Å². The van der Waals surface area contributed by atoms with E-state index in [1.165, 1.54) is 0 Å². The van der Waals surface area contributed by atoms with Gasteiger partial charge in [0.2, 0.25) is 0 Å². The maximum absolute atomic E-state index is 11.9. The molecule has 0 aliphatic rings. The quantitative estimate of drug-likeness (QED) is 0.389. The van der Waals surface area contributed by atoms with Crippen molar-refractivity contribution in [3.05, 3.63) is 95.6 Å². The van der Waals surface area contributed by atoms with Crippen LogP contribution in [0.15, 0.2) is 78.9 Å². The summed E-state index contributed by atoms with van der Waals surface area (Å²) in [6.07, 6.45) is 4.05. The Bertz CT molecular complexity index is 856. The number of carbonyl (C=O) groups is 1. The summed E-state index contributed by atoms with van der Waals surface area (Å²) in [4.78, 5) is 11.9. The van der Waals surface area contributed by atoms with E-state index in [1.54, 1.807) is 6.92 Å². The molecular formula is C24H24O2S. The molecule has 0 heterocycles. The SMILES string of the molecule is CC.CC(=O)c1ccc(-c2ccccc2)cc1/C=C/c1ccccc1.O=S. The van der Waals surface area contributed by atoms with Gasteiger partial charge in [0.05, 0.1) is 0 Å². The molecule has 0 bridgehead atoms. The zero-order valence-electron chi connectivity index (χ0n) is 15.9. The van der Waals surface area contributed by atoms with Gasteiger partial charge in [-0.25, -0.2) is 0 Å². The number of rotatable bonds is 4. The molecule has 138 valence electrons. The Kier molecular flexibility index (Phi) is 10.2. The molecule has 0 aliphatic carbocycles. The van der Waals surface area contributed by atoms with Crippen molar-refractivity contribution in [3.63, 3.8) is 0 Å². The highest BCUT2D eigenvalue weighted by atomic mass is 32.1. The van der Waals surface area contributed by atoms with Crippen LogP contribution in [0.25, 0.3) is 23.3 Å². The van der Waals surface area contributed by atoms with Crippen LogP contribution < -0.4 is 0 Å². The standard InChI is InChI=1S/C22H18O.C2H6.OS/c1-17(23)22-15-14-20(19-10-6-3-7-11-19)16-21(22)13-12-18-8-4-2-5-9-18;2*1-2/h2-16H,1H3;1-2H3;/b13-12+;;. The van der Waals surface area contributed by atoms with E-state index in [9.17, 15) is 4.79 Å². The van der Waals surface area contributed by atoms with Gasteiger partial charge in [0.1, 0.15) is 0 Å². The zero-order chi connectivity index (χ0) is 20.1. The normalized spacial score (nSPS) is 9.59. The second kappa shape index (κ2) is 12.4. The van der Waals surface area contributed by atoms with Crippen molar-refractivity contribution in [1.29, 1.82) is 0 Å². The maximum atomic E-state index is 11.9. The Hall–Kier alpha value is -2.91. The lowest BCUT2D eigenvalue weighted by Crippen LogP contribution is -1.96. The van der Waals surface area contributed by atoms with Gasteiger partial charge in [0.25, 0.3) is 0 Å². The number of hydrogen-bond donors (Lipinski definition) is 0. The average molecular weight is 377 g/mol. The minimum Gasteiger partial charge on any atom is -0.294 e. The van der Waals surface area contributed by atoms with Gasteiger partial charge in [-0.3, -0.25) is 4.79 Å². The van der Waals surface area contributed by atoms with Crippen LogP contribution in [0.5, 0.6) is 0 Å². The van der Waals surface area contributed by atoms with Crippen LogP contribution in [0, 0.1) is 0 Å². The highest BCUT2D eigenvalue weighted by Gasteiger charge is 2.07. The number of Topliss-reactive ketones (excluding diaryl/α,β-unsaturated/α-hetero) is 1. The second-order valence-electron chi connectivity index (χ2n) is 5.47. The Morgan fingerprint density at radius 1 is 0.741 bits per heavy atom. The summed E-state index contributed by atoms with van der Waals surface area (Å²) in [7, 11) is 0. The van der Waals surface area contributed by atoms with Gasteiger partial charge < -0.3 is 0 Å². The van der Waals surface area contributed by atoms with Gasteiger partial charge in [-0.1, -0.05) is 98.8 Å². The van der Waals surface area contributed by atoms with Crippen molar-refractivity contribution in [2.75, 3.05) is 0 Å². The lowest BCUT2D eigenvalue weighted by molar-refractivity contribution is 0.101. The minimum absolute atomic E-state index is 0.0809. The molecule has 3 rings (SSSR count). The van der Waals surface area contributed by atoms with Gasteiger partial charge in [-0.2, -0.15) is 4.21 Å². The van der Waals surface area contributed by atoms with Crippen molar-refractivity contribution in [2.24, 2.45) is 0 Å². The molecule has 0 saturated heterocycles. The lowest BCUT2D eigenvalue weighted by Gasteiger charge is -2.07. The van der Waals surface area contributed by atoms with E-state index in [0.29, 0.717) is 0 Å². The number of hydrogen-bond acceptors (Lipinski definition) is 3. The average Bonchev–Trinajstić information content (AvgIpc) is 2.76. The van der Waals surface area contributed by atoms with Crippen molar-refractivity contribution < 1.29 is 9.00 Å². The maximum Gasteiger partial charge on any atom is 0.197 e.